The molecule has 1 amide bonds. The Bertz CT molecular complexity index is 601. The minimum Gasteiger partial charge on any atom is -0.342 e. The molecule has 0 N–H and O–H groups in total. The third kappa shape index (κ3) is 5.55. The fraction of sp³-hybridized carbons (Fsp3) is 0.696. The molecule has 2 aliphatic rings. The second-order valence-corrected chi connectivity index (χ2v) is 8.55. The van der Waals surface area contributed by atoms with Crippen LogP contribution in [-0.4, -0.2) is 73.0 Å². The lowest BCUT2D eigenvalue weighted by Crippen LogP contribution is -2.48. The van der Waals surface area contributed by atoms with Gasteiger partial charge in [-0.25, -0.2) is 0 Å². The number of rotatable bonds is 6. The minimum absolute atomic E-state index is 0.282. The van der Waals surface area contributed by atoms with Crippen LogP contribution in [0.1, 0.15) is 43.7 Å². The summed E-state index contributed by atoms with van der Waals surface area (Å²) in [5, 5.41) is 0. The molecule has 0 spiro atoms. The van der Waals surface area contributed by atoms with E-state index >= 15 is 0 Å². The van der Waals surface area contributed by atoms with Gasteiger partial charge in [-0.15, -0.1) is 0 Å². The SMILES string of the molecule is CCN(CC1CCN(C2CCN(C)CC2)CC1)C(=O)Cc1ccccc1C. The van der Waals surface area contributed by atoms with Gasteiger partial charge in [0.05, 0.1) is 6.42 Å². The Morgan fingerprint density at radius 3 is 2.37 bits per heavy atom. The molecule has 2 saturated heterocycles. The fourth-order valence-electron chi connectivity index (χ4n) is 4.66. The number of aryl methyl sites for hydroxylation is 1. The molecule has 150 valence electrons. The number of nitrogens with zero attached hydrogens (tertiary/aromatic N) is 3. The highest BCUT2D eigenvalue weighted by atomic mass is 16.2. The predicted molar refractivity (Wildman–Crippen MR) is 112 cm³/mol. The molecule has 1 aromatic carbocycles. The second-order valence-electron chi connectivity index (χ2n) is 8.55. The van der Waals surface area contributed by atoms with Gasteiger partial charge in [0, 0.05) is 19.1 Å². The molecule has 0 saturated carbocycles. The van der Waals surface area contributed by atoms with Crippen LogP contribution in [0.3, 0.4) is 0 Å². The lowest BCUT2D eigenvalue weighted by Gasteiger charge is -2.41. The third-order valence-corrected chi connectivity index (χ3v) is 6.67. The van der Waals surface area contributed by atoms with Gasteiger partial charge in [0.15, 0.2) is 0 Å². The van der Waals surface area contributed by atoms with E-state index in [1.165, 1.54) is 57.4 Å². The van der Waals surface area contributed by atoms with E-state index in [2.05, 4.69) is 47.7 Å². The Morgan fingerprint density at radius 2 is 1.74 bits per heavy atom. The Hall–Kier alpha value is -1.39. The molecule has 0 bridgehead atoms. The van der Waals surface area contributed by atoms with Gasteiger partial charge in [-0.2, -0.15) is 0 Å². The predicted octanol–water partition coefficient (Wildman–Crippen LogP) is 3.19. The van der Waals surface area contributed by atoms with Gasteiger partial charge in [-0.3, -0.25) is 4.79 Å². The molecule has 0 radical (unpaired) electrons. The summed E-state index contributed by atoms with van der Waals surface area (Å²) >= 11 is 0. The average molecular weight is 372 g/mol. The zero-order chi connectivity index (χ0) is 19.2. The third-order valence-electron chi connectivity index (χ3n) is 6.67. The van der Waals surface area contributed by atoms with E-state index in [9.17, 15) is 4.79 Å². The first-order valence-electron chi connectivity index (χ1n) is 10.8. The number of hydrogen-bond donors (Lipinski definition) is 0. The summed E-state index contributed by atoms with van der Waals surface area (Å²) in [6.45, 7) is 10.9. The molecule has 4 nitrogen and oxygen atoms in total. The monoisotopic (exact) mass is 371 g/mol. The Balaban J connectivity index is 1.46. The summed E-state index contributed by atoms with van der Waals surface area (Å²) in [7, 11) is 2.23. The summed E-state index contributed by atoms with van der Waals surface area (Å²) in [4.78, 5) is 20.1. The molecule has 2 heterocycles. The van der Waals surface area contributed by atoms with Gasteiger partial charge < -0.3 is 14.7 Å². The number of benzene rings is 1. The first kappa shape index (κ1) is 20.3. The molecule has 2 aliphatic heterocycles. The van der Waals surface area contributed by atoms with Gasteiger partial charge in [0.2, 0.25) is 5.91 Å². The van der Waals surface area contributed by atoms with E-state index in [-0.39, 0.29) is 5.91 Å². The average Bonchev–Trinajstić information content (AvgIpc) is 2.69. The number of likely N-dealkylation sites (tertiary alicyclic amines) is 2. The highest BCUT2D eigenvalue weighted by Crippen LogP contribution is 2.24. The van der Waals surface area contributed by atoms with E-state index < -0.39 is 0 Å². The standard InChI is InChI=1S/C23H37N3O/c1-4-25(23(27)17-21-8-6-5-7-19(21)2)18-20-9-15-26(16-10-20)22-11-13-24(3)14-12-22/h5-8,20,22H,4,9-18H2,1-3H3. The van der Waals surface area contributed by atoms with Crippen LogP contribution in [0.4, 0.5) is 0 Å². The normalized spacial score (nSPS) is 20.7. The summed E-state index contributed by atoms with van der Waals surface area (Å²) < 4.78 is 0. The summed E-state index contributed by atoms with van der Waals surface area (Å²) in [5.41, 5.74) is 2.38. The Labute approximate surface area is 165 Å². The van der Waals surface area contributed by atoms with Gasteiger partial charge in [0.1, 0.15) is 0 Å². The van der Waals surface area contributed by atoms with Crippen molar-refractivity contribution in [3.63, 3.8) is 0 Å². The Morgan fingerprint density at radius 1 is 1.07 bits per heavy atom. The van der Waals surface area contributed by atoms with Crippen molar-refractivity contribution in [2.45, 2.75) is 52.0 Å². The summed E-state index contributed by atoms with van der Waals surface area (Å²) in [6, 6.07) is 9.04. The van der Waals surface area contributed by atoms with Crippen LogP contribution in [-0.2, 0) is 11.2 Å². The number of carbonyl (C=O) groups is 1. The van der Waals surface area contributed by atoms with Crippen LogP contribution >= 0.6 is 0 Å². The molecule has 0 aromatic heterocycles. The fourth-order valence-corrected chi connectivity index (χ4v) is 4.66. The maximum Gasteiger partial charge on any atom is 0.226 e. The van der Waals surface area contributed by atoms with Crippen LogP contribution in [0.5, 0.6) is 0 Å². The lowest BCUT2D eigenvalue weighted by molar-refractivity contribution is -0.131. The molecule has 0 unspecified atom stereocenters. The molecule has 1 aromatic rings. The van der Waals surface area contributed by atoms with Crippen LogP contribution in [0.25, 0.3) is 0 Å². The number of piperidine rings is 2. The molecular formula is C23H37N3O. The molecule has 0 aliphatic carbocycles. The van der Waals surface area contributed by atoms with E-state index in [1.807, 2.05) is 12.1 Å². The van der Waals surface area contributed by atoms with Gasteiger partial charge in [-0.1, -0.05) is 24.3 Å². The van der Waals surface area contributed by atoms with Crippen molar-refractivity contribution in [3.8, 4) is 0 Å². The van der Waals surface area contributed by atoms with E-state index in [1.54, 1.807) is 0 Å². The van der Waals surface area contributed by atoms with E-state index in [0.717, 1.165) is 24.7 Å². The highest BCUT2D eigenvalue weighted by Gasteiger charge is 2.28. The largest absolute Gasteiger partial charge is 0.342 e. The number of amides is 1. The quantitative estimate of drug-likeness (QED) is 0.768. The lowest BCUT2D eigenvalue weighted by atomic mass is 9.93. The Kier molecular flexibility index (Phi) is 7.31. The molecular weight excluding hydrogens is 334 g/mol. The maximum absolute atomic E-state index is 12.8. The van der Waals surface area contributed by atoms with Crippen LogP contribution in [0, 0.1) is 12.8 Å². The van der Waals surface area contributed by atoms with Gasteiger partial charge in [-0.05, 0) is 89.8 Å². The topological polar surface area (TPSA) is 26.8 Å². The smallest absolute Gasteiger partial charge is 0.226 e. The highest BCUT2D eigenvalue weighted by molar-refractivity contribution is 5.79. The van der Waals surface area contributed by atoms with Crippen molar-refractivity contribution in [2.75, 3.05) is 46.3 Å². The molecule has 27 heavy (non-hydrogen) atoms. The van der Waals surface area contributed by atoms with Crippen molar-refractivity contribution in [2.24, 2.45) is 5.92 Å². The number of likely N-dealkylation sites (N-methyl/N-ethyl adjacent to an activating group) is 1. The van der Waals surface area contributed by atoms with Gasteiger partial charge in [0.25, 0.3) is 0 Å². The molecule has 4 heteroatoms. The summed E-state index contributed by atoms with van der Waals surface area (Å²) in [5.74, 6) is 0.942. The van der Waals surface area contributed by atoms with Crippen molar-refractivity contribution in [3.05, 3.63) is 35.4 Å². The number of hydrogen-bond acceptors (Lipinski definition) is 3. The van der Waals surface area contributed by atoms with E-state index in [4.69, 9.17) is 0 Å². The summed E-state index contributed by atoms with van der Waals surface area (Å²) in [6.07, 6.45) is 5.64. The maximum atomic E-state index is 12.8. The van der Waals surface area contributed by atoms with Crippen molar-refractivity contribution >= 4 is 5.91 Å². The zero-order valence-electron chi connectivity index (χ0n) is 17.5. The first-order valence-corrected chi connectivity index (χ1v) is 10.8. The molecule has 0 atom stereocenters. The van der Waals surface area contributed by atoms with E-state index in [0.29, 0.717) is 12.3 Å². The minimum atomic E-state index is 0.282. The number of carbonyl (C=O) groups excluding carboxylic acids is 1. The van der Waals surface area contributed by atoms with Crippen LogP contribution in [0.15, 0.2) is 24.3 Å². The second kappa shape index (κ2) is 9.70. The van der Waals surface area contributed by atoms with Crippen molar-refractivity contribution in [1.82, 2.24) is 14.7 Å². The zero-order valence-corrected chi connectivity index (χ0v) is 17.5. The van der Waals surface area contributed by atoms with Crippen LogP contribution < -0.4 is 0 Å². The molecule has 2 fully saturated rings. The van der Waals surface area contributed by atoms with Crippen molar-refractivity contribution < 1.29 is 4.79 Å². The first-order chi connectivity index (χ1) is 13.1. The molecule has 3 rings (SSSR count). The van der Waals surface area contributed by atoms with Gasteiger partial charge >= 0.3 is 0 Å². The van der Waals surface area contributed by atoms with Crippen LogP contribution in [0.2, 0.25) is 0 Å². The van der Waals surface area contributed by atoms with Crippen molar-refractivity contribution in [1.29, 1.82) is 0 Å².